The third-order valence-electron chi connectivity index (χ3n) is 3.42. The van der Waals surface area contributed by atoms with E-state index >= 15 is 0 Å². The van der Waals surface area contributed by atoms with Crippen molar-refractivity contribution in [1.82, 2.24) is 4.90 Å². The number of amides is 1. The topological polar surface area (TPSA) is 29.5 Å². The second-order valence-electron chi connectivity index (χ2n) is 4.48. The number of carbonyl (C=O) groups excluding carboxylic acids is 1. The maximum absolute atomic E-state index is 12.2. The molecule has 1 aromatic carbocycles. The summed E-state index contributed by atoms with van der Waals surface area (Å²) in [7, 11) is 1.58. The Balaban J connectivity index is 2.15. The first kappa shape index (κ1) is 12.1. The van der Waals surface area contributed by atoms with E-state index in [9.17, 15) is 4.79 Å². The van der Waals surface area contributed by atoms with Crippen molar-refractivity contribution < 1.29 is 9.53 Å². The van der Waals surface area contributed by atoms with Crippen LogP contribution in [0.5, 0.6) is 0 Å². The first-order chi connectivity index (χ1) is 8.24. The monoisotopic (exact) mass is 233 g/mol. The Kier molecular flexibility index (Phi) is 3.79. The summed E-state index contributed by atoms with van der Waals surface area (Å²) in [5.74, 6) is 0.0962. The van der Waals surface area contributed by atoms with Gasteiger partial charge in [-0.1, -0.05) is 30.3 Å². The van der Waals surface area contributed by atoms with Crippen molar-refractivity contribution in [3.05, 3.63) is 35.9 Å². The molecule has 3 nitrogen and oxygen atoms in total. The molecule has 3 heteroatoms. The molecular weight excluding hydrogens is 214 g/mol. The van der Waals surface area contributed by atoms with E-state index in [-0.39, 0.29) is 18.1 Å². The maximum atomic E-state index is 12.2. The first-order valence-electron chi connectivity index (χ1n) is 6.12. The van der Waals surface area contributed by atoms with Crippen molar-refractivity contribution in [2.45, 2.75) is 31.9 Å². The molecule has 0 radical (unpaired) electrons. The van der Waals surface area contributed by atoms with Gasteiger partial charge in [-0.05, 0) is 25.3 Å². The van der Waals surface area contributed by atoms with Crippen molar-refractivity contribution in [2.24, 2.45) is 0 Å². The minimum absolute atomic E-state index is 0.0962. The number of carbonyl (C=O) groups is 1. The Bertz CT molecular complexity index is 377. The summed E-state index contributed by atoms with van der Waals surface area (Å²) in [6.07, 6.45) is 1.77. The summed E-state index contributed by atoms with van der Waals surface area (Å²) >= 11 is 0. The second kappa shape index (κ2) is 5.32. The smallest absolute Gasteiger partial charge is 0.251 e. The highest BCUT2D eigenvalue weighted by Gasteiger charge is 2.32. The molecule has 1 amide bonds. The van der Waals surface area contributed by atoms with Crippen LogP contribution in [0.15, 0.2) is 30.3 Å². The lowest BCUT2D eigenvalue weighted by Gasteiger charge is -2.27. The molecule has 1 aliphatic heterocycles. The molecule has 2 unspecified atom stereocenters. The van der Waals surface area contributed by atoms with Crippen LogP contribution in [0.25, 0.3) is 0 Å². The molecule has 1 fully saturated rings. The summed E-state index contributed by atoms with van der Waals surface area (Å²) in [5, 5.41) is 0. The van der Waals surface area contributed by atoms with Crippen LogP contribution in [0.4, 0.5) is 0 Å². The summed E-state index contributed by atoms with van der Waals surface area (Å²) in [6, 6.07) is 10.5. The first-order valence-corrected chi connectivity index (χ1v) is 6.12. The Morgan fingerprint density at radius 3 is 2.76 bits per heavy atom. The molecule has 17 heavy (non-hydrogen) atoms. The second-order valence-corrected chi connectivity index (χ2v) is 4.48. The average Bonchev–Trinajstić information content (AvgIpc) is 2.87. The number of hydrogen-bond donors (Lipinski definition) is 0. The highest BCUT2D eigenvalue weighted by Crippen LogP contribution is 2.32. The van der Waals surface area contributed by atoms with E-state index < -0.39 is 0 Å². The standard InChI is InChI=1S/C14H19NO2/c1-11(17-2)14(16)15-10-6-9-13(15)12-7-4-3-5-8-12/h3-5,7-8,11,13H,6,9-10H2,1-2H3. The lowest BCUT2D eigenvalue weighted by atomic mass is 10.0. The molecule has 0 saturated carbocycles. The molecule has 1 saturated heterocycles. The molecule has 1 aliphatic rings. The molecule has 0 spiro atoms. The zero-order chi connectivity index (χ0) is 12.3. The van der Waals surface area contributed by atoms with Crippen LogP contribution in [0, 0.1) is 0 Å². The van der Waals surface area contributed by atoms with Crippen molar-refractivity contribution in [2.75, 3.05) is 13.7 Å². The molecule has 1 aromatic rings. The summed E-state index contributed by atoms with van der Waals surface area (Å²) in [6.45, 7) is 2.65. The van der Waals surface area contributed by atoms with Crippen molar-refractivity contribution >= 4 is 5.91 Å². The van der Waals surface area contributed by atoms with Gasteiger partial charge in [0, 0.05) is 13.7 Å². The molecule has 0 aromatic heterocycles. The Morgan fingerprint density at radius 1 is 1.41 bits per heavy atom. The van der Waals surface area contributed by atoms with Crippen molar-refractivity contribution in [3.63, 3.8) is 0 Å². The quantitative estimate of drug-likeness (QED) is 0.802. The SMILES string of the molecule is COC(C)C(=O)N1CCCC1c1ccccc1. The van der Waals surface area contributed by atoms with Gasteiger partial charge in [0.05, 0.1) is 6.04 Å². The predicted octanol–water partition coefficient (Wildman–Crippen LogP) is 2.39. The van der Waals surface area contributed by atoms with Gasteiger partial charge >= 0.3 is 0 Å². The molecule has 2 atom stereocenters. The van der Waals surface area contributed by atoms with Gasteiger partial charge in [0.2, 0.25) is 0 Å². The summed E-state index contributed by atoms with van der Waals surface area (Å²) in [4.78, 5) is 14.1. The fraction of sp³-hybridized carbons (Fsp3) is 0.500. The largest absolute Gasteiger partial charge is 0.372 e. The zero-order valence-electron chi connectivity index (χ0n) is 10.4. The lowest BCUT2D eigenvalue weighted by Crippen LogP contribution is -2.38. The maximum Gasteiger partial charge on any atom is 0.251 e. The van der Waals surface area contributed by atoms with Gasteiger partial charge in [0.25, 0.3) is 5.91 Å². The van der Waals surface area contributed by atoms with E-state index in [0.717, 1.165) is 19.4 Å². The number of methoxy groups -OCH3 is 1. The van der Waals surface area contributed by atoms with Crippen LogP contribution in [0.3, 0.4) is 0 Å². The number of hydrogen-bond acceptors (Lipinski definition) is 2. The lowest BCUT2D eigenvalue weighted by molar-refractivity contribution is -0.141. The van der Waals surface area contributed by atoms with Crippen LogP contribution in [0.2, 0.25) is 0 Å². The van der Waals surface area contributed by atoms with Crippen LogP contribution in [0.1, 0.15) is 31.4 Å². The van der Waals surface area contributed by atoms with E-state index in [0.29, 0.717) is 0 Å². The average molecular weight is 233 g/mol. The van der Waals surface area contributed by atoms with Crippen LogP contribution in [-0.4, -0.2) is 30.6 Å². The Morgan fingerprint density at radius 2 is 2.12 bits per heavy atom. The van der Waals surface area contributed by atoms with Crippen molar-refractivity contribution in [1.29, 1.82) is 0 Å². The summed E-state index contributed by atoms with van der Waals surface area (Å²) < 4.78 is 5.12. The third-order valence-corrected chi connectivity index (χ3v) is 3.42. The van der Waals surface area contributed by atoms with E-state index in [2.05, 4.69) is 12.1 Å². The summed E-state index contributed by atoms with van der Waals surface area (Å²) in [5.41, 5.74) is 1.22. The Hall–Kier alpha value is -1.35. The zero-order valence-corrected chi connectivity index (χ0v) is 10.4. The third kappa shape index (κ3) is 2.50. The van der Waals surface area contributed by atoms with E-state index in [1.54, 1.807) is 7.11 Å². The predicted molar refractivity (Wildman–Crippen MR) is 66.6 cm³/mol. The van der Waals surface area contributed by atoms with Gasteiger partial charge in [-0.3, -0.25) is 4.79 Å². The van der Waals surface area contributed by atoms with Crippen LogP contribution >= 0.6 is 0 Å². The Labute approximate surface area is 102 Å². The fourth-order valence-corrected chi connectivity index (χ4v) is 2.39. The highest BCUT2D eigenvalue weighted by atomic mass is 16.5. The molecule has 0 aliphatic carbocycles. The van der Waals surface area contributed by atoms with Gasteiger partial charge in [-0.15, -0.1) is 0 Å². The fourth-order valence-electron chi connectivity index (χ4n) is 2.39. The molecule has 1 heterocycles. The molecule has 92 valence electrons. The number of rotatable bonds is 3. The van der Waals surface area contributed by atoms with Gasteiger partial charge in [0.15, 0.2) is 0 Å². The number of likely N-dealkylation sites (tertiary alicyclic amines) is 1. The van der Waals surface area contributed by atoms with Gasteiger partial charge in [-0.25, -0.2) is 0 Å². The minimum atomic E-state index is -0.348. The van der Waals surface area contributed by atoms with Gasteiger partial charge in [0.1, 0.15) is 6.10 Å². The number of ether oxygens (including phenoxy) is 1. The van der Waals surface area contributed by atoms with Crippen LogP contribution < -0.4 is 0 Å². The van der Waals surface area contributed by atoms with E-state index in [1.807, 2.05) is 30.0 Å². The van der Waals surface area contributed by atoms with E-state index in [4.69, 9.17) is 4.74 Å². The normalized spacial score (nSPS) is 21.5. The van der Waals surface area contributed by atoms with Crippen molar-refractivity contribution in [3.8, 4) is 0 Å². The number of nitrogens with zero attached hydrogens (tertiary/aromatic N) is 1. The highest BCUT2D eigenvalue weighted by molar-refractivity contribution is 5.81. The van der Waals surface area contributed by atoms with Gasteiger partial charge < -0.3 is 9.64 Å². The number of benzene rings is 1. The molecule has 2 rings (SSSR count). The minimum Gasteiger partial charge on any atom is -0.372 e. The van der Waals surface area contributed by atoms with Gasteiger partial charge in [-0.2, -0.15) is 0 Å². The molecule has 0 N–H and O–H groups in total. The molecular formula is C14H19NO2. The van der Waals surface area contributed by atoms with Crippen LogP contribution in [-0.2, 0) is 9.53 Å². The molecule has 0 bridgehead atoms. The van der Waals surface area contributed by atoms with E-state index in [1.165, 1.54) is 5.56 Å².